The molecule has 1 fully saturated rings. The number of amides is 1. The highest BCUT2D eigenvalue weighted by atomic mass is 16.4. The summed E-state index contributed by atoms with van der Waals surface area (Å²) in [5.41, 5.74) is 1.72. The van der Waals surface area contributed by atoms with E-state index in [4.69, 9.17) is 5.11 Å². The number of hydrogen-bond donors (Lipinski definition) is 1. The largest absolute Gasteiger partial charge is 0.481 e. The van der Waals surface area contributed by atoms with Crippen LogP contribution in [0.5, 0.6) is 0 Å². The van der Waals surface area contributed by atoms with Crippen LogP contribution in [-0.2, 0) is 16.1 Å². The van der Waals surface area contributed by atoms with Crippen LogP contribution in [0.25, 0.3) is 0 Å². The lowest BCUT2D eigenvalue weighted by molar-refractivity contribution is -0.141. The van der Waals surface area contributed by atoms with Crippen molar-refractivity contribution in [2.24, 2.45) is 11.8 Å². The van der Waals surface area contributed by atoms with Crippen molar-refractivity contribution < 1.29 is 14.7 Å². The molecule has 1 N–H and O–H groups in total. The van der Waals surface area contributed by atoms with Crippen LogP contribution in [0.3, 0.4) is 0 Å². The molecule has 0 spiro atoms. The van der Waals surface area contributed by atoms with Gasteiger partial charge >= 0.3 is 5.97 Å². The number of carboxylic acid groups (broad SMARTS) is 1. The number of carboxylic acids is 1. The van der Waals surface area contributed by atoms with Crippen LogP contribution in [0.15, 0.2) is 18.2 Å². The van der Waals surface area contributed by atoms with E-state index in [9.17, 15) is 9.59 Å². The Bertz CT molecular complexity index is 487. The van der Waals surface area contributed by atoms with Gasteiger partial charge in [0.2, 0.25) is 5.91 Å². The fraction of sp³-hybridized carbons (Fsp3) is 0.462. The molecule has 5 heteroatoms. The highest BCUT2D eigenvalue weighted by molar-refractivity contribution is 5.89. The number of hydrogen-bond acceptors (Lipinski definition) is 3. The Morgan fingerprint density at radius 3 is 2.72 bits per heavy atom. The maximum absolute atomic E-state index is 11.9. The molecule has 5 nitrogen and oxygen atoms in total. The molecule has 18 heavy (non-hydrogen) atoms. The first-order valence-electron chi connectivity index (χ1n) is 5.89. The van der Waals surface area contributed by atoms with Gasteiger partial charge in [-0.2, -0.15) is 0 Å². The van der Waals surface area contributed by atoms with E-state index >= 15 is 0 Å². The lowest BCUT2D eigenvalue weighted by Crippen LogP contribution is -2.29. The van der Waals surface area contributed by atoms with Gasteiger partial charge in [0.15, 0.2) is 0 Å². The minimum absolute atomic E-state index is 0.106. The van der Waals surface area contributed by atoms with Crippen LogP contribution in [-0.4, -0.2) is 33.9 Å². The van der Waals surface area contributed by atoms with Gasteiger partial charge in [0.05, 0.1) is 24.1 Å². The number of carbonyl (C=O) groups is 2. The molecule has 96 valence electrons. The summed E-state index contributed by atoms with van der Waals surface area (Å²) in [7, 11) is 1.68. The Balaban J connectivity index is 1.94. The summed E-state index contributed by atoms with van der Waals surface area (Å²) in [6.45, 7) is 2.32. The average molecular weight is 248 g/mol. The molecule has 1 aliphatic rings. The van der Waals surface area contributed by atoms with Crippen LogP contribution in [0, 0.1) is 18.8 Å². The monoisotopic (exact) mass is 248 g/mol. The number of carbonyl (C=O) groups excluding carboxylic acids is 1. The van der Waals surface area contributed by atoms with Crippen molar-refractivity contribution in [1.82, 2.24) is 9.88 Å². The zero-order valence-electron chi connectivity index (χ0n) is 10.5. The summed E-state index contributed by atoms with van der Waals surface area (Å²) in [4.78, 5) is 28.5. The third-order valence-corrected chi connectivity index (χ3v) is 3.15. The van der Waals surface area contributed by atoms with Crippen molar-refractivity contribution in [3.63, 3.8) is 0 Å². The van der Waals surface area contributed by atoms with Crippen molar-refractivity contribution in [2.75, 3.05) is 7.05 Å². The van der Waals surface area contributed by atoms with Crippen molar-refractivity contribution in [1.29, 1.82) is 0 Å². The molecule has 1 aromatic rings. The Labute approximate surface area is 105 Å². The van der Waals surface area contributed by atoms with Crippen LogP contribution in [0.1, 0.15) is 17.8 Å². The second-order valence-corrected chi connectivity index (χ2v) is 4.75. The van der Waals surface area contributed by atoms with Crippen molar-refractivity contribution in [3.8, 4) is 0 Å². The highest BCUT2D eigenvalue weighted by Crippen LogP contribution is 2.40. The fourth-order valence-corrected chi connectivity index (χ4v) is 2.03. The standard InChI is InChI=1S/C13H16N2O3/c1-8-4-3-5-9(14-8)7-15(2)12(16)10-6-11(10)13(17)18/h3-5,10-11H,6-7H2,1-2H3,(H,17,18). The molecule has 0 bridgehead atoms. The maximum atomic E-state index is 11.9. The van der Waals surface area contributed by atoms with E-state index in [-0.39, 0.29) is 11.8 Å². The molecule has 2 rings (SSSR count). The number of aromatic nitrogens is 1. The minimum Gasteiger partial charge on any atom is -0.481 e. The number of aryl methyl sites for hydroxylation is 1. The van der Waals surface area contributed by atoms with E-state index in [0.717, 1.165) is 11.4 Å². The van der Waals surface area contributed by atoms with Crippen LogP contribution in [0.2, 0.25) is 0 Å². The molecule has 1 saturated carbocycles. The number of rotatable bonds is 4. The minimum atomic E-state index is -0.879. The second kappa shape index (κ2) is 4.76. The predicted molar refractivity (Wildman–Crippen MR) is 64.7 cm³/mol. The summed E-state index contributed by atoms with van der Waals surface area (Å²) in [6.07, 6.45) is 0.458. The second-order valence-electron chi connectivity index (χ2n) is 4.75. The SMILES string of the molecule is Cc1cccc(CN(C)C(=O)C2CC2C(=O)O)n1. The summed E-state index contributed by atoms with van der Waals surface area (Å²) < 4.78 is 0. The van der Waals surface area contributed by atoms with Gasteiger partial charge in [0.25, 0.3) is 0 Å². The normalized spacial score (nSPS) is 21.4. The smallest absolute Gasteiger partial charge is 0.307 e. The van der Waals surface area contributed by atoms with Crippen molar-refractivity contribution >= 4 is 11.9 Å². The van der Waals surface area contributed by atoms with E-state index in [0.29, 0.717) is 13.0 Å². The van der Waals surface area contributed by atoms with Gasteiger partial charge in [-0.25, -0.2) is 0 Å². The molecular formula is C13H16N2O3. The molecule has 1 heterocycles. The Hall–Kier alpha value is -1.91. The summed E-state index contributed by atoms with van der Waals surface area (Å²) in [5.74, 6) is -1.83. The van der Waals surface area contributed by atoms with Crippen molar-refractivity contribution in [3.05, 3.63) is 29.6 Å². The van der Waals surface area contributed by atoms with E-state index in [2.05, 4.69) is 4.98 Å². The van der Waals surface area contributed by atoms with Gasteiger partial charge in [0.1, 0.15) is 0 Å². The maximum Gasteiger partial charge on any atom is 0.307 e. The molecule has 2 atom stereocenters. The lowest BCUT2D eigenvalue weighted by atomic mass is 10.2. The van der Waals surface area contributed by atoms with E-state index in [1.165, 1.54) is 0 Å². The fourth-order valence-electron chi connectivity index (χ4n) is 2.03. The Kier molecular flexibility index (Phi) is 3.32. The molecule has 1 amide bonds. The summed E-state index contributed by atoms with van der Waals surface area (Å²) in [5, 5.41) is 8.80. The lowest BCUT2D eigenvalue weighted by Gasteiger charge is -2.16. The summed E-state index contributed by atoms with van der Waals surface area (Å²) in [6, 6.07) is 5.65. The van der Waals surface area contributed by atoms with Crippen LogP contribution < -0.4 is 0 Å². The average Bonchev–Trinajstić information content (AvgIpc) is 3.07. The zero-order valence-corrected chi connectivity index (χ0v) is 10.5. The van der Waals surface area contributed by atoms with E-state index in [1.807, 2.05) is 25.1 Å². The predicted octanol–water partition coefficient (Wildman–Crippen LogP) is 1.07. The van der Waals surface area contributed by atoms with Crippen LogP contribution >= 0.6 is 0 Å². The third kappa shape index (κ3) is 2.67. The molecule has 0 aliphatic heterocycles. The van der Waals surface area contributed by atoms with Crippen molar-refractivity contribution in [2.45, 2.75) is 19.9 Å². The third-order valence-electron chi connectivity index (χ3n) is 3.15. The molecule has 1 aromatic heterocycles. The van der Waals surface area contributed by atoms with Crippen LogP contribution in [0.4, 0.5) is 0 Å². The number of aliphatic carboxylic acids is 1. The van der Waals surface area contributed by atoms with Gasteiger partial charge in [-0.3, -0.25) is 14.6 Å². The number of pyridine rings is 1. The van der Waals surface area contributed by atoms with Gasteiger partial charge in [-0.1, -0.05) is 6.07 Å². The van der Waals surface area contributed by atoms with Gasteiger partial charge in [-0.15, -0.1) is 0 Å². The molecule has 0 saturated heterocycles. The summed E-state index contributed by atoms with van der Waals surface area (Å²) >= 11 is 0. The topological polar surface area (TPSA) is 70.5 Å². The Morgan fingerprint density at radius 1 is 1.44 bits per heavy atom. The zero-order chi connectivity index (χ0) is 13.3. The first kappa shape index (κ1) is 12.5. The van der Waals surface area contributed by atoms with Gasteiger partial charge in [0, 0.05) is 12.7 Å². The highest BCUT2D eigenvalue weighted by Gasteiger charge is 2.49. The molecule has 1 aliphatic carbocycles. The first-order chi connectivity index (χ1) is 8.49. The molecule has 0 aromatic carbocycles. The molecule has 2 unspecified atom stereocenters. The Morgan fingerprint density at radius 2 is 2.17 bits per heavy atom. The van der Waals surface area contributed by atoms with Gasteiger partial charge in [-0.05, 0) is 25.5 Å². The first-order valence-corrected chi connectivity index (χ1v) is 5.89. The molecule has 0 radical (unpaired) electrons. The molecular weight excluding hydrogens is 232 g/mol. The van der Waals surface area contributed by atoms with E-state index < -0.39 is 11.9 Å². The quantitative estimate of drug-likeness (QED) is 0.865. The number of nitrogens with zero attached hydrogens (tertiary/aromatic N) is 2. The van der Waals surface area contributed by atoms with E-state index in [1.54, 1.807) is 11.9 Å². The van der Waals surface area contributed by atoms with Gasteiger partial charge < -0.3 is 10.0 Å².